The number of piperidine rings is 1. The number of carbonyl (C=O) groups is 4. The van der Waals surface area contributed by atoms with Crippen molar-refractivity contribution in [2.75, 3.05) is 74.9 Å². The summed E-state index contributed by atoms with van der Waals surface area (Å²) >= 11 is 0. The molecule has 0 bridgehead atoms. The number of nitrogens with zero attached hydrogens (tertiary/aromatic N) is 9. The molecule has 1 unspecified atom stereocenters. The van der Waals surface area contributed by atoms with Gasteiger partial charge in [-0.15, -0.1) is 0 Å². The molecule has 4 amide bonds. The number of hydrogen-bond donors (Lipinski definition) is 3. The van der Waals surface area contributed by atoms with Gasteiger partial charge in [0, 0.05) is 126 Å². The topological polar surface area (TPSA) is 178 Å². The number of benzene rings is 3. The standard InChI is InChI=1S/C50H53FN12O4/c1-32-55-42-11-10-40(35-15-17-53-45(52)27-35)56-48(42)63(32)36-9-12-43(39(51)28-36)60-23-25-61(26-24-60)47(65)16-18-58-19-21-59(22-20-58)30-34-7-5-33(6-8-34)29-54-41-4-2-3-37-38(41)31-62(50(37)67)44-13-14-46(64)57-49(44)66/h2-12,15,17,27-28,44,54H,13-14,16,18-26,29-31H2,1H3,(H2,52,53)(H,57,64,66). The second kappa shape index (κ2) is 18.6. The van der Waals surface area contributed by atoms with E-state index in [1.807, 2.05) is 57.7 Å². The number of halogens is 1. The number of rotatable bonds is 12. The Morgan fingerprint density at radius 1 is 0.866 bits per heavy atom. The molecule has 1 atom stereocenters. The van der Waals surface area contributed by atoms with E-state index in [4.69, 9.17) is 10.7 Å². The molecule has 4 aliphatic heterocycles. The minimum absolute atomic E-state index is 0.135. The Morgan fingerprint density at radius 2 is 1.64 bits per heavy atom. The number of piperazine rings is 2. The molecule has 67 heavy (non-hydrogen) atoms. The normalized spacial score (nSPS) is 18.1. The fourth-order valence-corrected chi connectivity index (χ4v) is 9.79. The zero-order chi connectivity index (χ0) is 46.2. The number of aryl methyl sites for hydroxylation is 1. The number of carbonyl (C=O) groups excluding carboxylic acids is 4. The van der Waals surface area contributed by atoms with Crippen LogP contribution in [0.2, 0.25) is 0 Å². The highest BCUT2D eigenvalue weighted by Gasteiger charge is 2.40. The summed E-state index contributed by atoms with van der Waals surface area (Å²) in [7, 11) is 0. The molecule has 3 saturated heterocycles. The Morgan fingerprint density at radius 3 is 2.40 bits per heavy atom. The van der Waals surface area contributed by atoms with Crippen LogP contribution in [0.4, 0.5) is 21.6 Å². The smallest absolute Gasteiger partial charge is 0.255 e. The van der Waals surface area contributed by atoms with Crippen LogP contribution in [0.15, 0.2) is 91.1 Å². The number of pyridine rings is 2. The monoisotopic (exact) mass is 904 g/mol. The van der Waals surface area contributed by atoms with Crippen LogP contribution < -0.4 is 21.3 Å². The van der Waals surface area contributed by atoms with Crippen molar-refractivity contribution in [2.45, 2.75) is 51.9 Å². The zero-order valence-electron chi connectivity index (χ0n) is 37.5. The van der Waals surface area contributed by atoms with Crippen molar-refractivity contribution in [1.29, 1.82) is 0 Å². The number of anilines is 3. The Bertz CT molecular complexity index is 2870. The number of amides is 4. The number of imidazole rings is 1. The lowest BCUT2D eigenvalue weighted by Gasteiger charge is -2.37. The second-order valence-corrected chi connectivity index (χ2v) is 17.8. The van der Waals surface area contributed by atoms with Gasteiger partial charge >= 0.3 is 0 Å². The highest BCUT2D eigenvalue weighted by atomic mass is 19.1. The highest BCUT2D eigenvalue weighted by Crippen LogP contribution is 2.33. The summed E-state index contributed by atoms with van der Waals surface area (Å²) in [4.78, 5) is 74.7. The fourth-order valence-electron chi connectivity index (χ4n) is 9.79. The summed E-state index contributed by atoms with van der Waals surface area (Å²) in [6.45, 7) is 10.2. The van der Waals surface area contributed by atoms with Crippen LogP contribution in [-0.2, 0) is 34.0 Å². The highest BCUT2D eigenvalue weighted by molar-refractivity contribution is 6.06. The minimum atomic E-state index is -0.646. The Hall–Kier alpha value is -7.24. The van der Waals surface area contributed by atoms with Crippen molar-refractivity contribution in [3.05, 3.63) is 125 Å². The molecule has 7 heterocycles. The molecule has 0 spiro atoms. The number of aromatic nitrogens is 4. The molecule has 17 heteroatoms. The average molecular weight is 905 g/mol. The van der Waals surface area contributed by atoms with Gasteiger partial charge in [-0.05, 0) is 73.0 Å². The lowest BCUT2D eigenvalue weighted by Crippen LogP contribution is -2.52. The maximum Gasteiger partial charge on any atom is 0.255 e. The van der Waals surface area contributed by atoms with E-state index in [-0.39, 0.29) is 30.0 Å². The Kier molecular flexibility index (Phi) is 12.1. The van der Waals surface area contributed by atoms with Gasteiger partial charge in [-0.25, -0.2) is 19.3 Å². The fraction of sp³-hybridized carbons (Fsp3) is 0.340. The van der Waals surface area contributed by atoms with E-state index < -0.39 is 11.9 Å². The molecule has 0 radical (unpaired) electrons. The predicted molar refractivity (Wildman–Crippen MR) is 253 cm³/mol. The molecule has 0 saturated carbocycles. The third-order valence-electron chi connectivity index (χ3n) is 13.5. The van der Waals surface area contributed by atoms with Gasteiger partial charge in [0.25, 0.3) is 5.91 Å². The van der Waals surface area contributed by atoms with Gasteiger partial charge < -0.3 is 30.7 Å². The van der Waals surface area contributed by atoms with Crippen LogP contribution in [0.1, 0.15) is 52.1 Å². The number of hydrogen-bond acceptors (Lipinski definition) is 12. The number of nitrogens with one attached hydrogen (secondary N) is 2. The lowest BCUT2D eigenvalue weighted by molar-refractivity contribution is -0.137. The maximum atomic E-state index is 15.9. The van der Waals surface area contributed by atoms with Crippen molar-refractivity contribution in [3.63, 3.8) is 0 Å². The molecule has 3 aromatic carbocycles. The second-order valence-electron chi connectivity index (χ2n) is 17.8. The predicted octanol–water partition coefficient (Wildman–Crippen LogP) is 4.74. The molecule has 344 valence electrons. The third kappa shape index (κ3) is 9.16. The van der Waals surface area contributed by atoms with Crippen LogP contribution >= 0.6 is 0 Å². The number of imide groups is 1. The zero-order valence-corrected chi connectivity index (χ0v) is 37.5. The molecule has 10 rings (SSSR count). The minimum Gasteiger partial charge on any atom is -0.384 e. The molecule has 0 aliphatic carbocycles. The van der Waals surface area contributed by atoms with E-state index in [2.05, 4.69) is 54.7 Å². The third-order valence-corrected chi connectivity index (χ3v) is 13.5. The van der Waals surface area contributed by atoms with E-state index in [0.717, 1.165) is 60.8 Å². The SMILES string of the molecule is Cc1nc2ccc(-c3ccnc(N)c3)nc2n1-c1ccc(N2CCN(C(=O)CCN3CCN(Cc4ccc(CNc5cccc6c5CN(C5CCC(=O)NC5=O)C6=O)cc4)CC3)CC2)c(F)c1. The number of nitrogens with two attached hydrogens (primary N) is 1. The van der Waals surface area contributed by atoms with Crippen LogP contribution in [0.3, 0.4) is 0 Å². The van der Waals surface area contributed by atoms with Crippen molar-refractivity contribution in [3.8, 4) is 16.9 Å². The number of fused-ring (bicyclic) bond motifs is 2. The van der Waals surface area contributed by atoms with Gasteiger partial charge in [-0.2, -0.15) is 0 Å². The maximum absolute atomic E-state index is 15.9. The van der Waals surface area contributed by atoms with E-state index in [9.17, 15) is 19.2 Å². The molecular weight excluding hydrogens is 852 g/mol. The van der Waals surface area contributed by atoms with E-state index in [0.29, 0.717) is 98.4 Å². The summed E-state index contributed by atoms with van der Waals surface area (Å²) in [6.07, 6.45) is 2.66. The number of nitrogen functional groups attached to an aromatic ring is 1. The average Bonchev–Trinajstić information content (AvgIpc) is 3.86. The van der Waals surface area contributed by atoms with Gasteiger partial charge in [0.05, 0.1) is 17.1 Å². The van der Waals surface area contributed by atoms with E-state index >= 15 is 4.39 Å². The quantitative estimate of drug-likeness (QED) is 0.144. The first-order valence-corrected chi connectivity index (χ1v) is 23.0. The molecule has 6 aromatic rings. The van der Waals surface area contributed by atoms with Gasteiger partial charge in [0.1, 0.15) is 29.0 Å². The summed E-state index contributed by atoms with van der Waals surface area (Å²) in [6, 6.07) is 26.2. The van der Waals surface area contributed by atoms with Crippen molar-refractivity contribution in [1.82, 2.24) is 44.4 Å². The molecule has 4 N–H and O–H groups in total. The van der Waals surface area contributed by atoms with Gasteiger partial charge in [0.2, 0.25) is 17.7 Å². The summed E-state index contributed by atoms with van der Waals surface area (Å²) in [5, 5.41) is 5.86. The Balaban J connectivity index is 0.658. The summed E-state index contributed by atoms with van der Waals surface area (Å²) < 4.78 is 17.7. The van der Waals surface area contributed by atoms with Gasteiger partial charge in [-0.3, -0.25) is 34.0 Å². The largest absolute Gasteiger partial charge is 0.384 e. The van der Waals surface area contributed by atoms with Crippen molar-refractivity contribution >= 4 is 52.0 Å². The van der Waals surface area contributed by atoms with E-state index in [1.54, 1.807) is 29.3 Å². The van der Waals surface area contributed by atoms with Crippen molar-refractivity contribution < 1.29 is 23.6 Å². The first kappa shape index (κ1) is 43.6. The molecule has 4 aliphatic rings. The first-order valence-electron chi connectivity index (χ1n) is 23.0. The molecular formula is C50H53FN12O4. The van der Waals surface area contributed by atoms with Crippen LogP contribution in [0, 0.1) is 12.7 Å². The lowest BCUT2D eigenvalue weighted by atomic mass is 10.0. The van der Waals surface area contributed by atoms with Crippen LogP contribution in [-0.4, -0.2) is 128 Å². The summed E-state index contributed by atoms with van der Waals surface area (Å²) in [5.74, 6) is -0.000438. The molecule has 16 nitrogen and oxygen atoms in total. The van der Waals surface area contributed by atoms with Crippen molar-refractivity contribution in [2.24, 2.45) is 0 Å². The van der Waals surface area contributed by atoms with E-state index in [1.165, 1.54) is 11.6 Å². The Labute approximate surface area is 387 Å². The van der Waals surface area contributed by atoms with Gasteiger partial charge in [-0.1, -0.05) is 30.3 Å². The molecule has 3 fully saturated rings. The first-order chi connectivity index (χ1) is 32.5. The van der Waals surface area contributed by atoms with Crippen LogP contribution in [0.25, 0.3) is 28.1 Å². The molecule has 3 aromatic heterocycles. The van der Waals surface area contributed by atoms with Crippen LogP contribution in [0.5, 0.6) is 0 Å². The van der Waals surface area contributed by atoms with Gasteiger partial charge in [0.15, 0.2) is 5.65 Å². The summed E-state index contributed by atoms with van der Waals surface area (Å²) in [5.41, 5.74) is 14.6.